The van der Waals surface area contributed by atoms with Crippen molar-refractivity contribution in [3.05, 3.63) is 35.3 Å². The number of carbonyl (C=O) groups excluding carboxylic acids is 1. The number of carbonyl (C=O) groups is 1. The first kappa shape index (κ1) is 45.8. The number of aliphatic hydroxyl groups excluding tert-OH is 1. The summed E-state index contributed by atoms with van der Waals surface area (Å²) in [6.07, 6.45) is -3.79. The normalized spacial score (nSPS) is 26.4. The molecule has 5 N–H and O–H groups in total. The van der Waals surface area contributed by atoms with Crippen LogP contribution < -0.4 is 16.2 Å². The number of anilines is 2. The third-order valence-electron chi connectivity index (χ3n) is 10.2. The van der Waals surface area contributed by atoms with E-state index < -0.39 is 96.1 Å². The number of ether oxygens (including phenoxy) is 1. The molecule has 2 fully saturated rings. The molecule has 58 heavy (non-hydrogen) atoms. The molecule has 0 aromatic carbocycles. The Morgan fingerprint density at radius 2 is 2.02 bits per heavy atom. The van der Waals surface area contributed by atoms with Crippen LogP contribution in [-0.4, -0.2) is 110 Å². The SMILES string of the molecule is CC(C)C(=O)Nc1nc2c(ncn2[C@@H]2O[C@H](CO)[C@@H](O[Si](C)(C)C(C)(C)C)[C@@H]2OP(=S)(OCCC#N)OC[C@H]2C[C@@H](Nc3ccncn3)[C@@H](F)[C@@H]2O[P+](=O)O)c(=O)[nH]1. The second-order valence-corrected chi connectivity index (χ2v) is 24.0. The van der Waals surface area contributed by atoms with Crippen LogP contribution in [0.25, 0.3) is 11.2 Å². The Balaban J connectivity index is 1.53. The summed E-state index contributed by atoms with van der Waals surface area (Å²) in [4.78, 5) is 54.5. The van der Waals surface area contributed by atoms with Gasteiger partial charge in [-0.3, -0.25) is 29.0 Å². The molecule has 3 aromatic rings. The largest absolute Gasteiger partial charge is 0.695 e. The summed E-state index contributed by atoms with van der Waals surface area (Å²) in [7, 11) is -5.92. The van der Waals surface area contributed by atoms with Crippen molar-refractivity contribution in [2.75, 3.05) is 30.5 Å². The van der Waals surface area contributed by atoms with E-state index in [1.54, 1.807) is 13.8 Å². The predicted molar refractivity (Wildman–Crippen MR) is 213 cm³/mol. The van der Waals surface area contributed by atoms with Gasteiger partial charge in [-0.15, -0.1) is 9.42 Å². The molecule has 1 amide bonds. The third-order valence-corrected chi connectivity index (χ3v) is 17.4. The van der Waals surface area contributed by atoms with Gasteiger partial charge in [0, 0.05) is 22.6 Å². The number of nitrogens with one attached hydrogen (secondary N) is 3. The van der Waals surface area contributed by atoms with Crippen LogP contribution >= 0.6 is 15.0 Å². The fraction of sp³-hybridized carbons (Fsp3) is 0.667. The van der Waals surface area contributed by atoms with Crippen molar-refractivity contribution < 1.29 is 51.0 Å². The number of imidazole rings is 1. The lowest BCUT2D eigenvalue weighted by molar-refractivity contribution is -0.118. The van der Waals surface area contributed by atoms with Crippen LogP contribution in [-0.2, 0) is 48.4 Å². The molecule has 2 unspecified atom stereocenters. The van der Waals surface area contributed by atoms with Crippen molar-refractivity contribution in [2.45, 2.75) is 108 Å². The first-order valence-electron chi connectivity index (χ1n) is 18.4. The summed E-state index contributed by atoms with van der Waals surface area (Å²) < 4.78 is 66.4. The van der Waals surface area contributed by atoms with Crippen molar-refractivity contribution in [2.24, 2.45) is 11.8 Å². The van der Waals surface area contributed by atoms with Gasteiger partial charge >= 0.3 is 15.0 Å². The molecule has 10 atom stereocenters. The highest BCUT2D eigenvalue weighted by Crippen LogP contribution is 2.56. The van der Waals surface area contributed by atoms with Crippen LogP contribution in [0.2, 0.25) is 18.1 Å². The van der Waals surface area contributed by atoms with Crippen LogP contribution in [0.4, 0.5) is 16.2 Å². The lowest BCUT2D eigenvalue weighted by Gasteiger charge is -2.41. The van der Waals surface area contributed by atoms with Crippen LogP contribution in [0, 0.1) is 23.2 Å². The van der Waals surface area contributed by atoms with Gasteiger partial charge in [0.15, 0.2) is 38.0 Å². The lowest BCUT2D eigenvalue weighted by atomic mass is 10.1. The van der Waals surface area contributed by atoms with Gasteiger partial charge < -0.3 is 28.6 Å². The van der Waals surface area contributed by atoms with E-state index in [2.05, 4.69) is 35.6 Å². The fourth-order valence-electron chi connectivity index (χ4n) is 6.12. The minimum Gasteiger partial charge on any atom is -0.408 e. The second-order valence-electron chi connectivity index (χ2n) is 15.6. The lowest BCUT2D eigenvalue weighted by Crippen LogP contribution is -2.50. The number of aromatic nitrogens is 6. The Labute approximate surface area is 340 Å². The molecule has 1 saturated carbocycles. The molecule has 5 rings (SSSR count). The van der Waals surface area contributed by atoms with E-state index >= 15 is 4.39 Å². The number of halogens is 1. The second kappa shape index (κ2) is 19.0. The highest BCUT2D eigenvalue weighted by Gasteiger charge is 2.55. The van der Waals surface area contributed by atoms with E-state index in [9.17, 15) is 29.4 Å². The Morgan fingerprint density at radius 1 is 1.28 bits per heavy atom. The maximum Gasteiger partial charge on any atom is 0.695 e. The molecule has 0 radical (unpaired) electrons. The molecule has 2 aliphatic rings. The van der Waals surface area contributed by atoms with E-state index in [0.29, 0.717) is 5.82 Å². The summed E-state index contributed by atoms with van der Waals surface area (Å²) >= 11 is 5.97. The van der Waals surface area contributed by atoms with Gasteiger partial charge in [0.05, 0.1) is 44.7 Å². The summed E-state index contributed by atoms with van der Waals surface area (Å²) in [6.45, 7) is 8.22. The standard InChI is InChI=1S/C33H48FN9O11P2SSi/c1-18(2)29(45)41-32-40-28-24(30(46)42-32)38-17-43(28)31-27(26(21(14-44)51-31)54-58(6,7)33(3,4)5)53-56(57,49-12-8-10-35)50-15-19-13-20(23(34)25(19)52-55(47)48)39-22-9-11-36-16-37-22/h9,11,16-21,23,25-27,31,44H,8,12-15H2,1-7H3,(H3-,36,37,39,40,41,42,45,46,47,48)/p+1/t19-,20-,21-,23-,25-,26-,27+,31-,56?/m1/s1. The summed E-state index contributed by atoms with van der Waals surface area (Å²) in [5.74, 6) is -1.52. The molecule has 1 aliphatic heterocycles. The zero-order valence-electron chi connectivity index (χ0n) is 33.0. The molecule has 0 spiro atoms. The molecule has 0 bridgehead atoms. The fourth-order valence-corrected chi connectivity index (χ4v) is 10.0. The molecule has 3 aromatic heterocycles. The average Bonchev–Trinajstić information content (AvgIpc) is 3.80. The van der Waals surface area contributed by atoms with E-state index in [-0.39, 0.29) is 48.2 Å². The number of nitriles is 1. The number of hydrogen-bond acceptors (Lipinski definition) is 17. The van der Waals surface area contributed by atoms with Crippen LogP contribution in [0.1, 0.15) is 53.7 Å². The molecule has 318 valence electrons. The van der Waals surface area contributed by atoms with Gasteiger partial charge in [-0.1, -0.05) is 34.6 Å². The molecule has 4 heterocycles. The summed E-state index contributed by atoms with van der Waals surface area (Å²) in [6, 6.07) is 2.60. The summed E-state index contributed by atoms with van der Waals surface area (Å²) in [5.41, 5.74) is -0.762. The van der Waals surface area contributed by atoms with Gasteiger partial charge in [-0.05, 0) is 42.4 Å². The Morgan fingerprint density at radius 3 is 2.64 bits per heavy atom. The molecule has 20 nitrogen and oxygen atoms in total. The van der Waals surface area contributed by atoms with Crippen molar-refractivity contribution in [1.82, 2.24) is 29.5 Å². The highest BCUT2D eigenvalue weighted by atomic mass is 32.5. The van der Waals surface area contributed by atoms with Crippen LogP contribution in [0.5, 0.6) is 0 Å². The number of H-pyrrole nitrogens is 1. The van der Waals surface area contributed by atoms with E-state index in [1.165, 1.54) is 29.5 Å². The Bertz CT molecular complexity index is 2070. The first-order valence-corrected chi connectivity index (χ1v) is 25.0. The van der Waals surface area contributed by atoms with Crippen LogP contribution in [0.3, 0.4) is 0 Å². The average molecular weight is 889 g/mol. The maximum atomic E-state index is 15.9. The van der Waals surface area contributed by atoms with E-state index in [1.807, 2.05) is 39.9 Å². The minimum absolute atomic E-state index is 0.00836. The molecule has 1 aliphatic carbocycles. The van der Waals surface area contributed by atoms with Gasteiger partial charge in [0.1, 0.15) is 30.5 Å². The zero-order valence-corrected chi connectivity index (χ0v) is 36.6. The molecular formula is C33H49FN9O11P2SSi+. The smallest absolute Gasteiger partial charge is 0.408 e. The van der Waals surface area contributed by atoms with Gasteiger partial charge in [-0.25, -0.2) is 19.3 Å². The van der Waals surface area contributed by atoms with E-state index in [0.717, 1.165) is 0 Å². The molecule has 25 heteroatoms. The first-order chi connectivity index (χ1) is 27.3. The zero-order chi connectivity index (χ0) is 42.6. The topological polar surface area (TPSA) is 267 Å². The predicted octanol–water partition coefficient (Wildman–Crippen LogP) is 4.21. The van der Waals surface area contributed by atoms with Crippen molar-refractivity contribution in [1.29, 1.82) is 5.26 Å². The number of hydrogen-bond donors (Lipinski definition) is 5. The highest BCUT2D eigenvalue weighted by molar-refractivity contribution is 8.07. The van der Waals surface area contributed by atoms with Gasteiger partial charge in [-0.2, -0.15) is 10.2 Å². The van der Waals surface area contributed by atoms with Crippen molar-refractivity contribution in [3.63, 3.8) is 0 Å². The monoisotopic (exact) mass is 888 g/mol. The van der Waals surface area contributed by atoms with Crippen molar-refractivity contribution in [3.8, 4) is 6.07 Å². The number of rotatable bonds is 18. The number of fused-ring (bicyclic) bond motifs is 1. The molecule has 1 saturated heterocycles. The Kier molecular flexibility index (Phi) is 15.0. The number of alkyl halides is 1. The number of aliphatic hydroxyl groups is 1. The number of nitrogens with zero attached hydrogens (tertiary/aromatic N) is 6. The summed E-state index contributed by atoms with van der Waals surface area (Å²) in [5, 5.41) is 25.3. The van der Waals surface area contributed by atoms with E-state index in [4.69, 9.17) is 39.1 Å². The number of amides is 1. The van der Waals surface area contributed by atoms with Crippen LogP contribution in [0.15, 0.2) is 29.7 Å². The van der Waals surface area contributed by atoms with Gasteiger partial charge in [0.25, 0.3) is 5.56 Å². The minimum atomic E-state index is -4.02. The quantitative estimate of drug-likeness (QED) is 0.0680. The molecular weight excluding hydrogens is 840 g/mol. The maximum absolute atomic E-state index is 15.9. The number of aromatic amines is 1. The Hall–Kier alpha value is -3.23. The van der Waals surface area contributed by atoms with Gasteiger partial charge in [0.2, 0.25) is 11.9 Å². The van der Waals surface area contributed by atoms with Crippen molar-refractivity contribution >= 4 is 63.9 Å². The third kappa shape index (κ3) is 10.7.